The van der Waals surface area contributed by atoms with Crippen molar-refractivity contribution in [2.75, 3.05) is 0 Å². The molecule has 0 aliphatic rings. The van der Waals surface area contributed by atoms with Crippen LogP contribution in [0.4, 0.5) is 0 Å². The van der Waals surface area contributed by atoms with E-state index in [0.717, 1.165) is 5.56 Å². The first-order valence-corrected chi connectivity index (χ1v) is 15.0. The average Bonchev–Trinajstić information content (AvgIpc) is 3.13. The molecular weight excluding hydrogens is 608 g/mol. The summed E-state index contributed by atoms with van der Waals surface area (Å²) in [6.07, 6.45) is 0. The van der Waals surface area contributed by atoms with Crippen LogP contribution in [0.15, 0.2) is 161 Å². The van der Waals surface area contributed by atoms with E-state index in [9.17, 15) is 19.2 Å². The minimum atomic E-state index is -0.912. The van der Waals surface area contributed by atoms with Gasteiger partial charge in [-0.05, 0) is 53.6 Å². The van der Waals surface area contributed by atoms with E-state index < -0.39 is 22.4 Å². The van der Waals surface area contributed by atoms with Crippen LogP contribution in [0.5, 0.6) is 0 Å². The van der Waals surface area contributed by atoms with Crippen molar-refractivity contribution < 1.29 is 27.9 Å². The lowest BCUT2D eigenvalue weighted by Crippen LogP contribution is -2.17. The van der Waals surface area contributed by atoms with E-state index in [1.54, 1.807) is 42.5 Å². The van der Waals surface area contributed by atoms with Gasteiger partial charge in [0.25, 0.3) is 0 Å². The van der Waals surface area contributed by atoms with Gasteiger partial charge in [-0.15, -0.1) is 0 Å². The van der Waals surface area contributed by atoms with Crippen LogP contribution in [0.3, 0.4) is 0 Å². The fourth-order valence-electron chi connectivity index (χ4n) is 5.95. The van der Waals surface area contributed by atoms with Crippen LogP contribution in [0, 0.1) is 0 Å². The monoisotopic (exact) mass is 630 g/mol. The topological polar surface area (TPSA) is 121 Å². The Morgan fingerprint density at radius 3 is 1.71 bits per heavy atom. The molecule has 4 heterocycles. The van der Waals surface area contributed by atoms with E-state index in [1.165, 1.54) is 30.3 Å². The molecule has 4 aromatic heterocycles. The Kier molecular flexibility index (Phi) is 6.88. The Balaban J connectivity index is 1.58. The Hall–Kier alpha value is -6.80. The zero-order chi connectivity index (χ0) is 32.8. The maximum atomic E-state index is 14.9. The summed E-state index contributed by atoms with van der Waals surface area (Å²) in [4.78, 5) is 56.1. The summed E-state index contributed by atoms with van der Waals surface area (Å²) in [5.41, 5.74) is 1.83. The van der Waals surface area contributed by atoms with Crippen molar-refractivity contribution in [3.63, 3.8) is 0 Å². The van der Waals surface area contributed by atoms with Gasteiger partial charge in [-0.2, -0.15) is 0 Å². The van der Waals surface area contributed by atoms with E-state index in [1.807, 2.05) is 60.7 Å². The lowest BCUT2D eigenvalue weighted by molar-refractivity contribution is 0.0585. The van der Waals surface area contributed by atoms with Gasteiger partial charge in [0, 0.05) is 32.8 Å². The van der Waals surface area contributed by atoms with Crippen LogP contribution in [-0.2, 0) is 0 Å². The molecule has 0 atom stereocenters. The summed E-state index contributed by atoms with van der Waals surface area (Å²) in [5.74, 6) is -1.71. The molecule has 0 spiro atoms. The van der Waals surface area contributed by atoms with Crippen molar-refractivity contribution in [2.45, 2.75) is 0 Å². The lowest BCUT2D eigenvalue weighted by Gasteiger charge is -2.13. The highest BCUT2D eigenvalue weighted by molar-refractivity contribution is 6.51. The van der Waals surface area contributed by atoms with E-state index in [2.05, 4.69) is 0 Å². The molecule has 4 bridgehead atoms. The SMILES string of the molecule is O=C(C(=O)c1cc2c(=O)c3ccc(cc3)ooc3ccc(c(-c4ccccc4)c3-c3ccccc3)c(=O)c2c2ooc12)c1ccccc1. The number of Topliss-reactive ketones (excluding diaryl/α,β-unsaturated/α-hetero) is 2. The highest BCUT2D eigenvalue weighted by atomic mass is 17.0. The van der Waals surface area contributed by atoms with Crippen molar-refractivity contribution in [1.29, 1.82) is 0 Å². The van der Waals surface area contributed by atoms with Crippen molar-refractivity contribution in [3.05, 3.63) is 165 Å². The number of carbonyl (C=O) groups is 2. The molecule has 0 amide bonds. The molecule has 0 aliphatic heterocycles. The Morgan fingerprint density at radius 2 is 1.08 bits per heavy atom. The largest absolute Gasteiger partial charge is 0.290 e. The molecule has 0 unspecified atom stereocenters. The zero-order valence-electron chi connectivity index (χ0n) is 25.0. The van der Waals surface area contributed by atoms with Crippen molar-refractivity contribution >= 4 is 55.4 Å². The molecule has 0 fully saturated rings. The fourth-order valence-corrected chi connectivity index (χ4v) is 5.95. The van der Waals surface area contributed by atoms with Gasteiger partial charge in [0.1, 0.15) is 0 Å². The second-order valence-corrected chi connectivity index (χ2v) is 11.1. The zero-order valence-corrected chi connectivity index (χ0v) is 25.0. The predicted molar refractivity (Wildman–Crippen MR) is 182 cm³/mol. The summed E-state index contributed by atoms with van der Waals surface area (Å²) in [7, 11) is 0. The molecule has 0 N–H and O–H groups in total. The summed E-state index contributed by atoms with van der Waals surface area (Å²) in [6.45, 7) is 0. The van der Waals surface area contributed by atoms with E-state index in [4.69, 9.17) is 18.3 Å². The smallest absolute Gasteiger partial charge is 0.238 e. The van der Waals surface area contributed by atoms with Gasteiger partial charge in [-0.25, -0.2) is 0 Å². The number of fused-ring (bicyclic) bond motifs is 3. The van der Waals surface area contributed by atoms with Gasteiger partial charge in [-0.3, -0.25) is 37.5 Å². The normalized spacial score (nSPS) is 11.2. The summed E-state index contributed by atoms with van der Waals surface area (Å²) < 4.78 is 22.3. The molecule has 8 nitrogen and oxygen atoms in total. The van der Waals surface area contributed by atoms with Crippen LogP contribution in [-0.4, -0.2) is 11.6 Å². The summed E-state index contributed by atoms with van der Waals surface area (Å²) in [5, 5.41) is 0.193. The number of benzene rings is 6. The maximum Gasteiger partial charge on any atom is 0.238 e. The van der Waals surface area contributed by atoms with Crippen molar-refractivity contribution in [2.24, 2.45) is 0 Å². The highest BCUT2D eigenvalue weighted by Gasteiger charge is 2.28. The van der Waals surface area contributed by atoms with Crippen LogP contribution in [0.2, 0.25) is 0 Å². The Morgan fingerprint density at radius 1 is 0.479 bits per heavy atom. The molecule has 0 radical (unpaired) electrons. The van der Waals surface area contributed by atoms with Gasteiger partial charge >= 0.3 is 0 Å². The van der Waals surface area contributed by atoms with E-state index in [-0.39, 0.29) is 43.8 Å². The second-order valence-electron chi connectivity index (χ2n) is 11.1. The summed E-state index contributed by atoms with van der Waals surface area (Å²) in [6, 6.07) is 37.4. The van der Waals surface area contributed by atoms with Gasteiger partial charge in [0.05, 0.1) is 10.9 Å². The molecule has 8 heteroatoms. The lowest BCUT2D eigenvalue weighted by atomic mass is 9.90. The van der Waals surface area contributed by atoms with E-state index >= 15 is 0 Å². The first-order chi connectivity index (χ1) is 23.5. The molecule has 6 aromatic carbocycles. The maximum absolute atomic E-state index is 14.9. The van der Waals surface area contributed by atoms with Gasteiger partial charge in [0.15, 0.2) is 22.0 Å². The Bertz CT molecular complexity index is 2710. The van der Waals surface area contributed by atoms with Crippen LogP contribution in [0.1, 0.15) is 20.7 Å². The third-order valence-corrected chi connectivity index (χ3v) is 8.28. The quantitative estimate of drug-likeness (QED) is 0.105. The second kappa shape index (κ2) is 11.5. The third-order valence-electron chi connectivity index (χ3n) is 8.28. The summed E-state index contributed by atoms with van der Waals surface area (Å²) >= 11 is 0. The standard InChI is InChI=1S/C40H22O8/c41-35-26-16-18-27(19-17-26)45-46-31-21-20-28(32(23-10-4-1-5-11-23)33(31)24-12-6-2-7-13-24)37(43)34-29(35)22-30(39-40(34)48-47-39)38(44)36(42)25-14-8-3-9-15-25/h1-22H. The molecule has 10 aromatic rings. The molecule has 10 rings (SSSR count). The average molecular weight is 631 g/mol. The number of hydrogen-bond acceptors (Lipinski definition) is 8. The first kappa shape index (κ1) is 28.7. The van der Waals surface area contributed by atoms with Gasteiger partial charge in [-0.1, -0.05) is 91.0 Å². The number of ketones is 2. The van der Waals surface area contributed by atoms with Crippen LogP contribution in [0.25, 0.3) is 66.1 Å². The molecule has 230 valence electrons. The molecule has 0 saturated carbocycles. The number of hydrogen-bond donors (Lipinski definition) is 0. The molecular formula is C40H22O8. The van der Waals surface area contributed by atoms with E-state index in [0.29, 0.717) is 27.9 Å². The third kappa shape index (κ3) is 4.71. The molecule has 48 heavy (non-hydrogen) atoms. The van der Waals surface area contributed by atoms with Crippen LogP contribution >= 0.6 is 0 Å². The van der Waals surface area contributed by atoms with Gasteiger partial charge < -0.3 is 0 Å². The highest BCUT2D eigenvalue weighted by Crippen LogP contribution is 2.39. The Labute approximate surface area is 270 Å². The van der Waals surface area contributed by atoms with Crippen molar-refractivity contribution in [1.82, 2.24) is 0 Å². The van der Waals surface area contributed by atoms with Gasteiger partial charge in [0.2, 0.25) is 22.7 Å². The fraction of sp³-hybridized carbons (Fsp3) is 0. The first-order valence-electron chi connectivity index (χ1n) is 15.0. The number of carbonyl (C=O) groups excluding carboxylic acids is 2. The molecule has 0 aliphatic carbocycles. The minimum absolute atomic E-state index is 0.0986. The van der Waals surface area contributed by atoms with Crippen LogP contribution < -0.4 is 10.9 Å². The predicted octanol–water partition coefficient (Wildman–Crippen LogP) is 8.92. The number of rotatable bonds is 5. The minimum Gasteiger partial charge on any atom is -0.290 e. The molecule has 0 saturated heterocycles. The van der Waals surface area contributed by atoms with Crippen molar-refractivity contribution in [3.8, 4) is 22.3 Å².